The fraction of sp³-hybridized carbons (Fsp3) is 0.571. The van der Waals surface area contributed by atoms with Crippen LogP contribution >= 0.6 is 0 Å². The molecule has 78 valence electrons. The van der Waals surface area contributed by atoms with Crippen molar-refractivity contribution in [3.8, 4) is 0 Å². The molecule has 1 aromatic rings. The number of hydrogen-bond donors (Lipinski definition) is 2. The van der Waals surface area contributed by atoms with E-state index in [1.165, 1.54) is 18.0 Å². The molecule has 0 fully saturated rings. The van der Waals surface area contributed by atoms with Crippen LogP contribution in [0.2, 0.25) is 0 Å². The largest absolute Gasteiger partial charge is 0.464 e. The van der Waals surface area contributed by atoms with Crippen LogP contribution in [0.4, 0.5) is 0 Å². The molecule has 1 aromatic heterocycles. The van der Waals surface area contributed by atoms with E-state index in [1.807, 2.05) is 0 Å². The Labute approximate surface area is 79.9 Å². The smallest absolute Gasteiger partial charge is 0.360 e. The Bertz CT molecular complexity index is 312. The summed E-state index contributed by atoms with van der Waals surface area (Å²) in [4.78, 5) is 10.9. The molecular weight excluding hydrogens is 190 g/mol. The van der Waals surface area contributed by atoms with Crippen LogP contribution in [0.1, 0.15) is 10.5 Å². The van der Waals surface area contributed by atoms with Gasteiger partial charge in [0, 0.05) is 0 Å². The second kappa shape index (κ2) is 4.68. The van der Waals surface area contributed by atoms with Gasteiger partial charge >= 0.3 is 5.97 Å². The van der Waals surface area contributed by atoms with Crippen LogP contribution in [0.3, 0.4) is 0 Å². The number of carbonyl (C=O) groups is 1. The van der Waals surface area contributed by atoms with Gasteiger partial charge in [0.15, 0.2) is 5.69 Å². The van der Waals surface area contributed by atoms with E-state index in [0.29, 0.717) is 0 Å². The topological polar surface area (TPSA) is 97.5 Å². The first kappa shape index (κ1) is 10.6. The summed E-state index contributed by atoms with van der Waals surface area (Å²) in [6, 6.07) is 0. The predicted octanol–water partition coefficient (Wildman–Crippen LogP) is -1.58. The van der Waals surface area contributed by atoms with E-state index in [4.69, 9.17) is 10.2 Å². The Morgan fingerprint density at radius 3 is 3.07 bits per heavy atom. The van der Waals surface area contributed by atoms with Crippen molar-refractivity contribution in [2.24, 2.45) is 0 Å². The highest BCUT2D eigenvalue weighted by molar-refractivity contribution is 5.86. The molecule has 1 atom stereocenters. The summed E-state index contributed by atoms with van der Waals surface area (Å²) in [6.45, 7) is -0.284. The first-order valence-corrected chi connectivity index (χ1v) is 3.94. The molecule has 0 saturated heterocycles. The number of carbonyl (C=O) groups excluding carboxylic acids is 1. The van der Waals surface area contributed by atoms with Crippen molar-refractivity contribution < 1.29 is 19.7 Å². The summed E-state index contributed by atoms with van der Waals surface area (Å²) in [7, 11) is 1.24. The van der Waals surface area contributed by atoms with Gasteiger partial charge < -0.3 is 14.9 Å². The maximum absolute atomic E-state index is 10.9. The molecule has 7 heteroatoms. The Hall–Kier alpha value is -1.47. The Kier molecular flexibility index (Phi) is 3.55. The number of methoxy groups -OCH3 is 1. The lowest BCUT2D eigenvalue weighted by Gasteiger charge is -2.04. The fourth-order valence-electron chi connectivity index (χ4n) is 0.859. The molecule has 0 spiro atoms. The number of hydrogen-bond acceptors (Lipinski definition) is 6. The summed E-state index contributed by atoms with van der Waals surface area (Å²) < 4.78 is 5.67. The van der Waals surface area contributed by atoms with Crippen LogP contribution in [0.15, 0.2) is 6.20 Å². The normalized spacial score (nSPS) is 12.5. The van der Waals surface area contributed by atoms with E-state index in [1.54, 1.807) is 0 Å². The zero-order valence-corrected chi connectivity index (χ0v) is 7.62. The van der Waals surface area contributed by atoms with Crippen LogP contribution in [0, 0.1) is 0 Å². The van der Waals surface area contributed by atoms with Gasteiger partial charge in [-0.15, -0.1) is 5.10 Å². The summed E-state index contributed by atoms with van der Waals surface area (Å²) in [5.74, 6) is -0.588. The lowest BCUT2D eigenvalue weighted by atomic mass is 10.4. The van der Waals surface area contributed by atoms with E-state index in [0.717, 1.165) is 0 Å². The summed E-state index contributed by atoms with van der Waals surface area (Å²) in [5.41, 5.74) is 0.0673. The second-order valence-corrected chi connectivity index (χ2v) is 2.65. The van der Waals surface area contributed by atoms with E-state index >= 15 is 0 Å². The van der Waals surface area contributed by atoms with E-state index in [9.17, 15) is 4.79 Å². The minimum Gasteiger partial charge on any atom is -0.464 e. The van der Waals surface area contributed by atoms with E-state index in [2.05, 4.69) is 15.0 Å². The van der Waals surface area contributed by atoms with Crippen molar-refractivity contribution in [3.63, 3.8) is 0 Å². The van der Waals surface area contributed by atoms with Gasteiger partial charge in [0.1, 0.15) is 0 Å². The third-order valence-corrected chi connectivity index (χ3v) is 1.54. The van der Waals surface area contributed by atoms with Crippen molar-refractivity contribution in [2.45, 2.75) is 12.6 Å². The quantitative estimate of drug-likeness (QED) is 0.570. The molecular formula is C7H11N3O4. The molecule has 0 saturated carbocycles. The van der Waals surface area contributed by atoms with Crippen molar-refractivity contribution >= 4 is 5.97 Å². The Morgan fingerprint density at radius 2 is 2.50 bits per heavy atom. The van der Waals surface area contributed by atoms with Gasteiger partial charge in [-0.25, -0.2) is 9.48 Å². The summed E-state index contributed by atoms with van der Waals surface area (Å²) in [5, 5.41) is 24.7. The highest BCUT2D eigenvalue weighted by Crippen LogP contribution is 1.96. The molecule has 0 aliphatic carbocycles. The number of aliphatic hydroxyl groups is 2. The first-order valence-electron chi connectivity index (χ1n) is 3.94. The molecule has 7 nitrogen and oxygen atoms in total. The molecule has 0 aliphatic heterocycles. The minimum atomic E-state index is -0.915. The number of esters is 1. The molecule has 1 rings (SSSR count). The minimum absolute atomic E-state index is 0.0673. The van der Waals surface area contributed by atoms with Crippen LogP contribution in [0.25, 0.3) is 0 Å². The predicted molar refractivity (Wildman–Crippen MR) is 44.5 cm³/mol. The van der Waals surface area contributed by atoms with Gasteiger partial charge in [0.05, 0.1) is 32.6 Å². The van der Waals surface area contributed by atoms with Crippen LogP contribution in [-0.2, 0) is 11.3 Å². The van der Waals surface area contributed by atoms with Crippen molar-refractivity contribution in [3.05, 3.63) is 11.9 Å². The van der Waals surface area contributed by atoms with Gasteiger partial charge in [0.25, 0.3) is 0 Å². The molecule has 0 aliphatic rings. The molecule has 0 amide bonds. The highest BCUT2D eigenvalue weighted by atomic mass is 16.5. The molecule has 1 heterocycles. The molecule has 1 unspecified atom stereocenters. The lowest BCUT2D eigenvalue weighted by molar-refractivity contribution is 0.0593. The van der Waals surface area contributed by atoms with Gasteiger partial charge in [-0.1, -0.05) is 5.21 Å². The monoisotopic (exact) mass is 201 g/mol. The van der Waals surface area contributed by atoms with Gasteiger partial charge in [0.2, 0.25) is 0 Å². The van der Waals surface area contributed by atoms with Crippen LogP contribution in [0.5, 0.6) is 0 Å². The third-order valence-electron chi connectivity index (χ3n) is 1.54. The summed E-state index contributed by atoms with van der Waals surface area (Å²) >= 11 is 0. The van der Waals surface area contributed by atoms with Crippen molar-refractivity contribution in [1.29, 1.82) is 0 Å². The van der Waals surface area contributed by atoms with Crippen LogP contribution < -0.4 is 0 Å². The van der Waals surface area contributed by atoms with Crippen LogP contribution in [-0.4, -0.2) is 51.0 Å². The average Bonchev–Trinajstić information content (AvgIpc) is 2.65. The Morgan fingerprint density at radius 1 is 1.79 bits per heavy atom. The molecule has 0 bridgehead atoms. The average molecular weight is 201 g/mol. The van der Waals surface area contributed by atoms with E-state index < -0.39 is 12.1 Å². The zero-order chi connectivity index (χ0) is 10.6. The molecule has 0 radical (unpaired) electrons. The second-order valence-electron chi connectivity index (χ2n) is 2.65. The molecule has 14 heavy (non-hydrogen) atoms. The number of ether oxygens (including phenoxy) is 1. The lowest BCUT2D eigenvalue weighted by Crippen LogP contribution is -2.20. The number of aromatic nitrogens is 3. The van der Waals surface area contributed by atoms with Gasteiger partial charge in [-0.2, -0.15) is 0 Å². The maximum Gasteiger partial charge on any atom is 0.360 e. The van der Waals surface area contributed by atoms with Crippen molar-refractivity contribution in [2.75, 3.05) is 13.7 Å². The fourth-order valence-corrected chi connectivity index (χ4v) is 0.859. The highest BCUT2D eigenvalue weighted by Gasteiger charge is 2.11. The SMILES string of the molecule is COC(=O)c1cn(CC(O)CO)nn1. The molecule has 2 N–H and O–H groups in total. The Balaban J connectivity index is 2.63. The standard InChI is InChI=1S/C7H11N3O4/c1-14-7(13)6-3-10(9-8-6)2-5(12)4-11/h3,5,11-12H,2,4H2,1H3. The van der Waals surface area contributed by atoms with Gasteiger partial charge in [-0.05, 0) is 0 Å². The third kappa shape index (κ3) is 2.51. The van der Waals surface area contributed by atoms with Crippen molar-refractivity contribution in [1.82, 2.24) is 15.0 Å². The maximum atomic E-state index is 10.9. The first-order chi connectivity index (χ1) is 6.67. The number of aliphatic hydroxyl groups excluding tert-OH is 2. The zero-order valence-electron chi connectivity index (χ0n) is 7.62. The van der Waals surface area contributed by atoms with E-state index in [-0.39, 0.29) is 18.8 Å². The number of nitrogens with zero attached hydrogens (tertiary/aromatic N) is 3. The molecule has 0 aromatic carbocycles. The number of rotatable bonds is 4. The van der Waals surface area contributed by atoms with Gasteiger partial charge in [-0.3, -0.25) is 0 Å². The summed E-state index contributed by atoms with van der Waals surface area (Å²) in [6.07, 6.45) is 0.423.